The van der Waals surface area contributed by atoms with Crippen LogP contribution in [0.1, 0.15) is 15.9 Å². The molecule has 4 rings (SSSR count). The van der Waals surface area contributed by atoms with Crippen molar-refractivity contribution in [3.05, 3.63) is 59.7 Å². The number of urea groups is 1. The average Bonchev–Trinajstić information content (AvgIpc) is 3.17. The van der Waals surface area contributed by atoms with Crippen LogP contribution < -0.4 is 16.0 Å². The number of aromatic nitrogens is 1. The molecule has 0 aliphatic carbocycles. The number of fused-ring (bicyclic) bond motifs is 1. The van der Waals surface area contributed by atoms with Gasteiger partial charge in [-0.25, -0.2) is 9.78 Å². The van der Waals surface area contributed by atoms with Gasteiger partial charge in [0.25, 0.3) is 5.91 Å². The van der Waals surface area contributed by atoms with Crippen molar-refractivity contribution in [3.63, 3.8) is 0 Å². The maximum atomic E-state index is 12.5. The standard InChI is InChI=1S/C21H22ClN5O2S/c22-18(25-21(29)27-11-9-23-10-12-27)13-14-5-7-15(8-6-14)19(28)26-20-24-16-3-1-2-4-17(16)30-20/h1-8,18,23H,9-13H2,(H,25,29)(H,24,26,28). The Kier molecular flexibility index (Phi) is 6.47. The fraction of sp³-hybridized carbons (Fsp3) is 0.286. The topological polar surface area (TPSA) is 86.4 Å². The Balaban J connectivity index is 1.31. The molecule has 2 aromatic carbocycles. The molecule has 1 aliphatic rings. The largest absolute Gasteiger partial charge is 0.322 e. The van der Waals surface area contributed by atoms with Crippen molar-refractivity contribution in [1.82, 2.24) is 20.5 Å². The number of hydrogen-bond acceptors (Lipinski definition) is 5. The summed E-state index contributed by atoms with van der Waals surface area (Å²) in [5.41, 5.74) is 1.82. The van der Waals surface area contributed by atoms with Gasteiger partial charge in [0.05, 0.1) is 10.2 Å². The van der Waals surface area contributed by atoms with Gasteiger partial charge in [-0.2, -0.15) is 0 Å². The summed E-state index contributed by atoms with van der Waals surface area (Å²) in [4.78, 5) is 30.9. The first kappa shape index (κ1) is 20.6. The molecular weight excluding hydrogens is 422 g/mol. The Hall–Kier alpha value is -2.68. The number of rotatable bonds is 5. The predicted octanol–water partition coefficient (Wildman–Crippen LogP) is 3.27. The Morgan fingerprint density at radius 1 is 1.13 bits per heavy atom. The van der Waals surface area contributed by atoms with Gasteiger partial charge in [0.15, 0.2) is 5.13 Å². The van der Waals surface area contributed by atoms with E-state index in [9.17, 15) is 9.59 Å². The lowest BCUT2D eigenvalue weighted by atomic mass is 10.1. The van der Waals surface area contributed by atoms with E-state index in [0.29, 0.717) is 30.2 Å². The monoisotopic (exact) mass is 443 g/mol. The fourth-order valence-electron chi connectivity index (χ4n) is 3.24. The van der Waals surface area contributed by atoms with E-state index in [4.69, 9.17) is 11.6 Å². The Morgan fingerprint density at radius 3 is 2.60 bits per heavy atom. The van der Waals surface area contributed by atoms with Crippen LogP contribution >= 0.6 is 22.9 Å². The Labute approximate surface area is 183 Å². The zero-order valence-corrected chi connectivity index (χ0v) is 17.8. The first-order chi connectivity index (χ1) is 14.6. The van der Waals surface area contributed by atoms with E-state index >= 15 is 0 Å². The van der Waals surface area contributed by atoms with E-state index in [1.54, 1.807) is 17.0 Å². The van der Waals surface area contributed by atoms with Crippen LogP contribution in [-0.2, 0) is 6.42 Å². The second-order valence-electron chi connectivity index (χ2n) is 7.00. The molecule has 0 spiro atoms. The van der Waals surface area contributed by atoms with Gasteiger partial charge in [0, 0.05) is 38.2 Å². The maximum Gasteiger partial charge on any atom is 0.318 e. The molecular formula is C21H22ClN5O2S. The SMILES string of the molecule is O=C(Nc1nc2ccccc2s1)c1ccc(CC(Cl)NC(=O)N2CCNCC2)cc1. The summed E-state index contributed by atoms with van der Waals surface area (Å²) in [7, 11) is 0. The van der Waals surface area contributed by atoms with Gasteiger partial charge in [-0.3, -0.25) is 10.1 Å². The molecule has 9 heteroatoms. The normalized spacial score (nSPS) is 15.0. The number of nitrogens with zero attached hydrogens (tertiary/aromatic N) is 2. The van der Waals surface area contributed by atoms with Crippen molar-refractivity contribution in [2.75, 3.05) is 31.5 Å². The number of thiazole rings is 1. The molecule has 3 aromatic rings. The average molecular weight is 444 g/mol. The molecule has 3 N–H and O–H groups in total. The van der Waals surface area contributed by atoms with Gasteiger partial charge in [0.1, 0.15) is 5.50 Å². The molecule has 7 nitrogen and oxygen atoms in total. The summed E-state index contributed by atoms with van der Waals surface area (Å²) < 4.78 is 1.03. The first-order valence-corrected chi connectivity index (χ1v) is 11.0. The second-order valence-corrected chi connectivity index (χ2v) is 8.55. The molecule has 0 bridgehead atoms. The van der Waals surface area contributed by atoms with Crippen LogP contribution in [0.2, 0.25) is 0 Å². The molecule has 1 fully saturated rings. The van der Waals surface area contributed by atoms with Crippen LogP contribution in [0, 0.1) is 0 Å². The lowest BCUT2D eigenvalue weighted by Crippen LogP contribution is -2.51. The molecule has 0 saturated carbocycles. The van der Waals surface area contributed by atoms with Crippen LogP contribution in [0.3, 0.4) is 0 Å². The number of nitrogens with one attached hydrogen (secondary N) is 3. The summed E-state index contributed by atoms with van der Waals surface area (Å²) in [6.45, 7) is 2.93. The summed E-state index contributed by atoms with van der Waals surface area (Å²) in [6.07, 6.45) is 0.471. The van der Waals surface area contributed by atoms with E-state index < -0.39 is 5.50 Å². The minimum atomic E-state index is -0.519. The quantitative estimate of drug-likeness (QED) is 0.417. The highest BCUT2D eigenvalue weighted by Crippen LogP contribution is 2.25. The Morgan fingerprint density at radius 2 is 1.87 bits per heavy atom. The summed E-state index contributed by atoms with van der Waals surface area (Å²) in [5, 5.41) is 9.44. The molecule has 3 amide bonds. The Bertz CT molecular complexity index is 1000. The second kappa shape index (κ2) is 9.42. The highest BCUT2D eigenvalue weighted by Gasteiger charge is 2.19. The van der Waals surface area contributed by atoms with Crippen LogP contribution in [0.5, 0.6) is 0 Å². The smallest absolute Gasteiger partial charge is 0.318 e. The number of piperazine rings is 1. The van der Waals surface area contributed by atoms with Gasteiger partial charge < -0.3 is 15.5 Å². The summed E-state index contributed by atoms with van der Waals surface area (Å²) >= 11 is 7.76. The van der Waals surface area contributed by atoms with Crippen molar-refractivity contribution in [2.45, 2.75) is 11.9 Å². The number of benzene rings is 2. The lowest BCUT2D eigenvalue weighted by molar-refractivity contribution is 0.102. The molecule has 0 radical (unpaired) electrons. The number of carbonyl (C=O) groups is 2. The fourth-order valence-corrected chi connectivity index (χ4v) is 4.37. The number of anilines is 1. The lowest BCUT2D eigenvalue weighted by Gasteiger charge is -2.28. The van der Waals surface area contributed by atoms with Crippen molar-refractivity contribution in [2.24, 2.45) is 0 Å². The van der Waals surface area contributed by atoms with Gasteiger partial charge in [-0.05, 0) is 29.8 Å². The number of halogens is 1. The number of hydrogen-bond donors (Lipinski definition) is 3. The van der Waals surface area contributed by atoms with Crippen LogP contribution in [0.25, 0.3) is 10.2 Å². The number of amides is 3. The van der Waals surface area contributed by atoms with Crippen molar-refractivity contribution < 1.29 is 9.59 Å². The predicted molar refractivity (Wildman–Crippen MR) is 120 cm³/mol. The van der Waals surface area contributed by atoms with E-state index in [0.717, 1.165) is 28.9 Å². The molecule has 2 heterocycles. The third kappa shape index (κ3) is 5.08. The zero-order valence-electron chi connectivity index (χ0n) is 16.2. The number of carbonyl (C=O) groups excluding carboxylic acids is 2. The van der Waals surface area contributed by atoms with Gasteiger partial charge in [0.2, 0.25) is 0 Å². The zero-order chi connectivity index (χ0) is 20.9. The van der Waals surface area contributed by atoms with E-state index in [2.05, 4.69) is 20.9 Å². The van der Waals surface area contributed by atoms with Crippen LogP contribution in [-0.4, -0.2) is 53.5 Å². The third-order valence-corrected chi connectivity index (χ3v) is 6.04. The van der Waals surface area contributed by atoms with E-state index in [-0.39, 0.29) is 11.9 Å². The van der Waals surface area contributed by atoms with Gasteiger partial charge in [-0.15, -0.1) is 0 Å². The molecule has 30 heavy (non-hydrogen) atoms. The molecule has 1 aromatic heterocycles. The third-order valence-electron chi connectivity index (χ3n) is 4.83. The van der Waals surface area contributed by atoms with Crippen LogP contribution in [0.15, 0.2) is 48.5 Å². The summed E-state index contributed by atoms with van der Waals surface area (Å²) in [6, 6.07) is 14.8. The molecule has 156 valence electrons. The molecule has 1 saturated heterocycles. The highest BCUT2D eigenvalue weighted by atomic mass is 35.5. The highest BCUT2D eigenvalue weighted by molar-refractivity contribution is 7.22. The van der Waals surface area contributed by atoms with Crippen molar-refractivity contribution >= 4 is 50.2 Å². The minimum absolute atomic E-state index is 0.150. The molecule has 1 unspecified atom stereocenters. The van der Waals surface area contributed by atoms with Crippen LogP contribution in [0.4, 0.5) is 9.93 Å². The summed E-state index contributed by atoms with van der Waals surface area (Å²) in [5.74, 6) is -0.213. The van der Waals surface area contributed by atoms with Gasteiger partial charge >= 0.3 is 6.03 Å². The molecule has 1 atom stereocenters. The van der Waals surface area contributed by atoms with Crippen molar-refractivity contribution in [3.8, 4) is 0 Å². The van der Waals surface area contributed by atoms with Gasteiger partial charge in [-0.1, -0.05) is 47.2 Å². The van der Waals surface area contributed by atoms with Crippen molar-refractivity contribution in [1.29, 1.82) is 0 Å². The minimum Gasteiger partial charge on any atom is -0.322 e. The van der Waals surface area contributed by atoms with E-state index in [1.165, 1.54) is 11.3 Å². The first-order valence-electron chi connectivity index (χ1n) is 9.74. The number of alkyl halides is 1. The molecule has 1 aliphatic heterocycles. The van der Waals surface area contributed by atoms with E-state index in [1.807, 2.05) is 36.4 Å². The number of para-hydroxylation sites is 1. The maximum absolute atomic E-state index is 12.5.